The Balaban J connectivity index is 1.96. The number of fused-ring (bicyclic) bond motifs is 1. The Morgan fingerprint density at radius 1 is 0.960 bits per heavy atom. The van der Waals surface area contributed by atoms with Crippen LogP contribution in [0.3, 0.4) is 0 Å². The first-order chi connectivity index (χ1) is 12.2. The highest BCUT2D eigenvalue weighted by molar-refractivity contribution is 6.30. The van der Waals surface area contributed by atoms with Crippen LogP contribution in [0.5, 0.6) is 0 Å². The van der Waals surface area contributed by atoms with Gasteiger partial charge in [0.2, 0.25) is 0 Å². The highest BCUT2D eigenvalue weighted by Crippen LogP contribution is 2.27. The SMILES string of the molecule is O=c1c2cccnc2c(-c2cccc(Cl)c2)cn1Cc1ccccc1. The molecule has 0 saturated carbocycles. The summed E-state index contributed by atoms with van der Waals surface area (Å²) in [4.78, 5) is 17.3. The monoisotopic (exact) mass is 346 g/mol. The predicted molar refractivity (Wildman–Crippen MR) is 102 cm³/mol. The summed E-state index contributed by atoms with van der Waals surface area (Å²) in [6.45, 7) is 0.512. The van der Waals surface area contributed by atoms with Gasteiger partial charge in [-0.25, -0.2) is 0 Å². The van der Waals surface area contributed by atoms with Gasteiger partial charge >= 0.3 is 0 Å². The lowest BCUT2D eigenvalue weighted by molar-refractivity contribution is 0.769. The van der Waals surface area contributed by atoms with Gasteiger partial charge in [-0.05, 0) is 35.4 Å². The first kappa shape index (κ1) is 15.6. The average Bonchev–Trinajstić information content (AvgIpc) is 2.65. The van der Waals surface area contributed by atoms with Crippen molar-refractivity contribution in [3.63, 3.8) is 0 Å². The van der Waals surface area contributed by atoms with Crippen molar-refractivity contribution in [1.82, 2.24) is 9.55 Å². The van der Waals surface area contributed by atoms with Gasteiger partial charge in [0.15, 0.2) is 0 Å². The van der Waals surface area contributed by atoms with E-state index in [1.165, 1.54) is 0 Å². The van der Waals surface area contributed by atoms with E-state index in [0.717, 1.165) is 16.7 Å². The topological polar surface area (TPSA) is 34.9 Å². The molecule has 4 aromatic rings. The van der Waals surface area contributed by atoms with Crippen LogP contribution in [-0.4, -0.2) is 9.55 Å². The third kappa shape index (κ3) is 3.06. The van der Waals surface area contributed by atoms with E-state index in [1.54, 1.807) is 16.8 Å². The molecule has 0 atom stereocenters. The normalized spacial score (nSPS) is 10.9. The molecule has 0 spiro atoms. The molecule has 2 heterocycles. The van der Waals surface area contributed by atoms with Crippen LogP contribution >= 0.6 is 11.6 Å². The van der Waals surface area contributed by atoms with E-state index in [2.05, 4.69) is 4.98 Å². The maximum absolute atomic E-state index is 12.9. The Morgan fingerprint density at radius 2 is 1.80 bits per heavy atom. The summed E-state index contributed by atoms with van der Waals surface area (Å²) >= 11 is 6.16. The molecular weight excluding hydrogens is 332 g/mol. The van der Waals surface area contributed by atoms with Crippen molar-refractivity contribution >= 4 is 22.5 Å². The van der Waals surface area contributed by atoms with Gasteiger partial charge in [-0.15, -0.1) is 0 Å². The van der Waals surface area contributed by atoms with Crippen LogP contribution in [0.15, 0.2) is 83.9 Å². The molecule has 0 N–H and O–H groups in total. The second-order valence-corrected chi connectivity index (χ2v) is 6.31. The molecule has 4 rings (SSSR count). The highest BCUT2D eigenvalue weighted by atomic mass is 35.5. The summed E-state index contributed by atoms with van der Waals surface area (Å²) in [7, 11) is 0. The molecule has 0 aliphatic heterocycles. The molecule has 0 radical (unpaired) electrons. The summed E-state index contributed by atoms with van der Waals surface area (Å²) in [5.41, 5.74) is 3.56. The minimum absolute atomic E-state index is 0.0438. The lowest BCUT2D eigenvalue weighted by atomic mass is 10.0. The summed E-state index contributed by atoms with van der Waals surface area (Å²) in [6.07, 6.45) is 3.58. The fourth-order valence-corrected chi connectivity index (χ4v) is 3.18. The molecule has 0 saturated heterocycles. The molecule has 0 fully saturated rings. The molecular formula is C21H15ClN2O. The van der Waals surface area contributed by atoms with Crippen molar-refractivity contribution in [2.24, 2.45) is 0 Å². The van der Waals surface area contributed by atoms with Crippen molar-refractivity contribution in [3.8, 4) is 11.1 Å². The van der Waals surface area contributed by atoms with E-state index in [-0.39, 0.29) is 5.56 Å². The van der Waals surface area contributed by atoms with E-state index in [0.29, 0.717) is 22.5 Å². The number of nitrogens with zero attached hydrogens (tertiary/aromatic N) is 2. The zero-order valence-electron chi connectivity index (χ0n) is 13.4. The Kier molecular flexibility index (Phi) is 4.08. The molecule has 0 bridgehead atoms. The van der Waals surface area contributed by atoms with Gasteiger partial charge in [0, 0.05) is 23.0 Å². The fraction of sp³-hybridized carbons (Fsp3) is 0.0476. The van der Waals surface area contributed by atoms with Crippen LogP contribution in [0, 0.1) is 0 Å². The van der Waals surface area contributed by atoms with E-state index in [9.17, 15) is 4.79 Å². The first-order valence-corrected chi connectivity index (χ1v) is 8.38. The summed E-state index contributed by atoms with van der Waals surface area (Å²) < 4.78 is 1.73. The summed E-state index contributed by atoms with van der Waals surface area (Å²) in [6, 6.07) is 21.2. The van der Waals surface area contributed by atoms with Crippen molar-refractivity contribution < 1.29 is 0 Å². The third-order valence-electron chi connectivity index (χ3n) is 4.17. The van der Waals surface area contributed by atoms with Gasteiger partial charge in [0.05, 0.1) is 17.4 Å². The van der Waals surface area contributed by atoms with Gasteiger partial charge in [0.25, 0.3) is 5.56 Å². The van der Waals surface area contributed by atoms with Crippen molar-refractivity contribution in [2.75, 3.05) is 0 Å². The van der Waals surface area contributed by atoms with Crippen LogP contribution in [0.25, 0.3) is 22.0 Å². The number of hydrogen-bond acceptors (Lipinski definition) is 2. The van der Waals surface area contributed by atoms with Crippen LogP contribution < -0.4 is 5.56 Å². The summed E-state index contributed by atoms with van der Waals surface area (Å²) in [5.74, 6) is 0. The lowest BCUT2D eigenvalue weighted by Gasteiger charge is -2.12. The molecule has 122 valence electrons. The Bertz CT molecular complexity index is 1100. The van der Waals surface area contributed by atoms with Crippen molar-refractivity contribution in [2.45, 2.75) is 6.54 Å². The van der Waals surface area contributed by atoms with E-state index in [4.69, 9.17) is 11.6 Å². The Morgan fingerprint density at radius 3 is 2.60 bits per heavy atom. The van der Waals surface area contributed by atoms with Crippen molar-refractivity contribution in [3.05, 3.63) is 100 Å². The van der Waals surface area contributed by atoms with Crippen LogP contribution in [0.1, 0.15) is 5.56 Å². The second kappa shape index (κ2) is 6.54. The quantitative estimate of drug-likeness (QED) is 0.536. The molecule has 4 heteroatoms. The lowest BCUT2D eigenvalue weighted by Crippen LogP contribution is -2.21. The minimum atomic E-state index is -0.0438. The van der Waals surface area contributed by atoms with E-state index >= 15 is 0 Å². The van der Waals surface area contributed by atoms with E-state index < -0.39 is 0 Å². The molecule has 2 aromatic carbocycles. The molecule has 0 unspecified atom stereocenters. The molecule has 2 aromatic heterocycles. The number of rotatable bonds is 3. The molecule has 3 nitrogen and oxygen atoms in total. The van der Waals surface area contributed by atoms with Gasteiger partial charge in [-0.3, -0.25) is 9.78 Å². The van der Waals surface area contributed by atoms with Gasteiger partial charge in [-0.1, -0.05) is 54.1 Å². The van der Waals surface area contributed by atoms with Gasteiger partial charge in [-0.2, -0.15) is 0 Å². The van der Waals surface area contributed by atoms with Crippen LogP contribution in [-0.2, 0) is 6.54 Å². The number of benzene rings is 2. The number of pyridine rings is 2. The zero-order chi connectivity index (χ0) is 17.2. The molecule has 25 heavy (non-hydrogen) atoms. The highest BCUT2D eigenvalue weighted by Gasteiger charge is 2.12. The minimum Gasteiger partial charge on any atom is -0.310 e. The van der Waals surface area contributed by atoms with Crippen molar-refractivity contribution in [1.29, 1.82) is 0 Å². The van der Waals surface area contributed by atoms with Crippen LogP contribution in [0.4, 0.5) is 0 Å². The van der Waals surface area contributed by atoms with Gasteiger partial charge in [0.1, 0.15) is 0 Å². The third-order valence-corrected chi connectivity index (χ3v) is 4.41. The molecule has 0 aliphatic rings. The van der Waals surface area contributed by atoms with E-state index in [1.807, 2.05) is 66.9 Å². The van der Waals surface area contributed by atoms with Gasteiger partial charge < -0.3 is 4.57 Å². The predicted octanol–water partition coefficient (Wildman–Crippen LogP) is 4.77. The fourth-order valence-electron chi connectivity index (χ4n) is 2.99. The summed E-state index contributed by atoms with van der Waals surface area (Å²) in [5, 5.41) is 1.26. The maximum Gasteiger partial charge on any atom is 0.260 e. The number of halogens is 1. The molecule has 0 aliphatic carbocycles. The molecule has 0 amide bonds. The Labute approximate surface area is 150 Å². The smallest absolute Gasteiger partial charge is 0.260 e. The Hall–Kier alpha value is -2.91. The average molecular weight is 347 g/mol. The standard InChI is InChI=1S/C21H15ClN2O/c22-17-9-4-8-16(12-17)19-14-24(13-15-6-2-1-3-7-15)21(25)18-10-5-11-23-20(18)19/h1-12,14H,13H2. The first-order valence-electron chi connectivity index (χ1n) is 8.00. The number of aromatic nitrogens is 2. The number of hydrogen-bond donors (Lipinski definition) is 0. The second-order valence-electron chi connectivity index (χ2n) is 5.87. The maximum atomic E-state index is 12.9. The van der Waals surface area contributed by atoms with Crippen LogP contribution in [0.2, 0.25) is 5.02 Å². The zero-order valence-corrected chi connectivity index (χ0v) is 14.1. The largest absolute Gasteiger partial charge is 0.310 e.